The highest BCUT2D eigenvalue weighted by Crippen LogP contribution is 2.29. The lowest BCUT2D eigenvalue weighted by Gasteiger charge is -2.18. The Kier molecular flexibility index (Phi) is 7.00. The maximum absolute atomic E-state index is 13.9. The molecular weight excluding hydrogens is 446 g/mol. The molecule has 8 heteroatoms. The summed E-state index contributed by atoms with van der Waals surface area (Å²) in [7, 11) is 0. The van der Waals surface area contributed by atoms with Crippen molar-refractivity contribution in [3.63, 3.8) is 0 Å². The summed E-state index contributed by atoms with van der Waals surface area (Å²) in [5, 5.41) is 9.02. The van der Waals surface area contributed by atoms with Crippen molar-refractivity contribution in [3.8, 4) is 5.75 Å². The van der Waals surface area contributed by atoms with Crippen molar-refractivity contribution < 1.29 is 13.5 Å². The van der Waals surface area contributed by atoms with Gasteiger partial charge in [-0.25, -0.2) is 18.7 Å². The van der Waals surface area contributed by atoms with Crippen LogP contribution in [0.15, 0.2) is 42.5 Å². The molecule has 1 unspecified atom stereocenters. The fraction of sp³-hybridized carbons (Fsp3) is 0.320. The van der Waals surface area contributed by atoms with Crippen LogP contribution >= 0.6 is 11.6 Å². The molecule has 5 nitrogen and oxygen atoms in total. The number of benzene rings is 2. The van der Waals surface area contributed by atoms with Gasteiger partial charge in [-0.3, -0.25) is 4.90 Å². The van der Waals surface area contributed by atoms with Gasteiger partial charge >= 0.3 is 0 Å². The van der Waals surface area contributed by atoms with Gasteiger partial charge in [-0.05, 0) is 37.6 Å². The fourth-order valence-electron chi connectivity index (χ4n) is 3.99. The number of halogens is 3. The quantitative estimate of drug-likeness (QED) is 0.511. The molecule has 1 aliphatic heterocycles. The van der Waals surface area contributed by atoms with E-state index in [1.807, 2.05) is 13.8 Å². The van der Waals surface area contributed by atoms with Crippen LogP contribution in [0.25, 0.3) is 0 Å². The van der Waals surface area contributed by atoms with Crippen molar-refractivity contribution in [1.29, 1.82) is 5.41 Å². The molecule has 1 atom stereocenters. The van der Waals surface area contributed by atoms with Crippen molar-refractivity contribution in [1.82, 2.24) is 14.9 Å². The van der Waals surface area contributed by atoms with Crippen LogP contribution in [0.5, 0.6) is 5.75 Å². The van der Waals surface area contributed by atoms with E-state index < -0.39 is 0 Å². The Labute approximate surface area is 196 Å². The molecule has 33 heavy (non-hydrogen) atoms. The summed E-state index contributed by atoms with van der Waals surface area (Å²) in [5.41, 5.74) is 3.74. The third-order valence-electron chi connectivity index (χ3n) is 5.75. The molecule has 3 aromatic rings. The lowest BCUT2D eigenvalue weighted by Crippen LogP contribution is -2.21. The van der Waals surface area contributed by atoms with Gasteiger partial charge in [0.25, 0.3) is 0 Å². The van der Waals surface area contributed by atoms with Gasteiger partial charge in [0, 0.05) is 43.4 Å². The van der Waals surface area contributed by atoms with Crippen LogP contribution in [0.3, 0.4) is 0 Å². The fourth-order valence-corrected chi connectivity index (χ4v) is 4.08. The van der Waals surface area contributed by atoms with Crippen LogP contribution in [0, 0.1) is 30.9 Å². The minimum Gasteiger partial charge on any atom is -0.493 e. The number of ether oxygens (including phenoxy) is 1. The first-order chi connectivity index (χ1) is 15.8. The van der Waals surface area contributed by atoms with E-state index in [1.165, 1.54) is 24.3 Å². The molecule has 1 saturated heterocycles. The summed E-state index contributed by atoms with van der Waals surface area (Å²) in [6, 6.07) is 10.8. The third kappa shape index (κ3) is 5.54. The second-order valence-electron chi connectivity index (χ2n) is 8.29. The molecule has 4 rings (SSSR count). The van der Waals surface area contributed by atoms with Crippen LogP contribution in [-0.2, 0) is 13.0 Å². The van der Waals surface area contributed by atoms with Gasteiger partial charge in [0.1, 0.15) is 23.2 Å². The molecule has 2 heterocycles. The van der Waals surface area contributed by atoms with Gasteiger partial charge in [-0.15, -0.1) is 0 Å². The topological polar surface area (TPSA) is 62.1 Å². The highest BCUT2D eigenvalue weighted by atomic mass is 35.5. The first-order valence-corrected chi connectivity index (χ1v) is 11.1. The maximum atomic E-state index is 13.9. The average Bonchev–Trinajstić information content (AvgIpc) is 3.15. The number of hydrogen-bond acceptors (Lipinski definition) is 5. The largest absolute Gasteiger partial charge is 0.493 e. The summed E-state index contributed by atoms with van der Waals surface area (Å²) in [6.45, 7) is 5.59. The maximum Gasteiger partial charge on any atom is 0.138 e. The van der Waals surface area contributed by atoms with Gasteiger partial charge in [0.05, 0.1) is 28.9 Å². The number of rotatable bonds is 7. The first kappa shape index (κ1) is 23.3. The number of nitrogens with one attached hydrogen (secondary N) is 1. The molecule has 1 aliphatic rings. The van der Waals surface area contributed by atoms with E-state index in [9.17, 15) is 8.78 Å². The van der Waals surface area contributed by atoms with E-state index >= 15 is 0 Å². The smallest absolute Gasteiger partial charge is 0.138 e. The number of aryl methyl sites for hydroxylation is 2. The minimum absolute atomic E-state index is 0.206. The number of nitrogens with zero attached hydrogens (tertiary/aromatic N) is 3. The monoisotopic (exact) mass is 470 g/mol. The Morgan fingerprint density at radius 2 is 1.73 bits per heavy atom. The van der Waals surface area contributed by atoms with Crippen LogP contribution in [0.1, 0.15) is 34.3 Å². The van der Waals surface area contributed by atoms with E-state index in [1.54, 1.807) is 18.2 Å². The molecule has 0 aliphatic carbocycles. The summed E-state index contributed by atoms with van der Waals surface area (Å²) < 4.78 is 32.9. The molecule has 1 N–H and O–H groups in total. The standard InChI is InChI=1S/C25H25ClF2N4O/c1-15-24(26)16(2)31-25(30-15)21-13-32(14-22(21)29)12-18-5-8-20(28)11-23(18)33-10-9-17-3-6-19(27)7-4-17/h3-8,11,21,29H,9-10,12-14H2,1-2H3. The Bertz CT molecular complexity index is 1150. The highest BCUT2D eigenvalue weighted by Gasteiger charge is 2.32. The highest BCUT2D eigenvalue weighted by molar-refractivity contribution is 6.31. The van der Waals surface area contributed by atoms with E-state index in [2.05, 4.69) is 14.9 Å². The zero-order valence-corrected chi connectivity index (χ0v) is 19.3. The van der Waals surface area contributed by atoms with Crippen molar-refractivity contribution in [3.05, 3.63) is 87.5 Å². The van der Waals surface area contributed by atoms with E-state index in [0.717, 1.165) is 11.1 Å². The molecule has 0 saturated carbocycles. The Balaban J connectivity index is 1.43. The molecule has 2 aromatic carbocycles. The summed E-state index contributed by atoms with van der Waals surface area (Å²) in [6.07, 6.45) is 0.583. The number of aromatic nitrogens is 2. The zero-order valence-electron chi connectivity index (χ0n) is 18.5. The van der Waals surface area contributed by atoms with Gasteiger partial charge in [-0.2, -0.15) is 0 Å². The molecule has 1 aromatic heterocycles. The Hall–Kier alpha value is -2.90. The van der Waals surface area contributed by atoms with E-state index in [-0.39, 0.29) is 17.6 Å². The summed E-state index contributed by atoms with van der Waals surface area (Å²) >= 11 is 6.20. The Morgan fingerprint density at radius 3 is 2.42 bits per heavy atom. The lowest BCUT2D eigenvalue weighted by molar-refractivity contribution is 0.295. The normalized spacial score (nSPS) is 16.4. The van der Waals surface area contributed by atoms with Crippen LogP contribution in [0.4, 0.5) is 8.78 Å². The molecule has 1 fully saturated rings. The molecule has 172 valence electrons. The second-order valence-corrected chi connectivity index (χ2v) is 8.67. The molecule has 0 bridgehead atoms. The average molecular weight is 471 g/mol. The molecule has 0 spiro atoms. The minimum atomic E-state index is -0.372. The van der Waals surface area contributed by atoms with Crippen molar-refractivity contribution >= 4 is 17.3 Å². The van der Waals surface area contributed by atoms with Crippen molar-refractivity contribution in [2.45, 2.75) is 32.7 Å². The van der Waals surface area contributed by atoms with E-state index in [0.29, 0.717) is 66.4 Å². The van der Waals surface area contributed by atoms with Gasteiger partial charge in [0.15, 0.2) is 0 Å². The van der Waals surface area contributed by atoms with Crippen LogP contribution < -0.4 is 4.74 Å². The predicted molar refractivity (Wildman–Crippen MR) is 124 cm³/mol. The van der Waals surface area contributed by atoms with Crippen molar-refractivity contribution in [2.24, 2.45) is 0 Å². The lowest BCUT2D eigenvalue weighted by atomic mass is 10.1. The summed E-state index contributed by atoms with van der Waals surface area (Å²) in [4.78, 5) is 11.1. The van der Waals surface area contributed by atoms with Crippen LogP contribution in [-0.4, -0.2) is 40.3 Å². The zero-order chi connectivity index (χ0) is 23.5. The van der Waals surface area contributed by atoms with Crippen LogP contribution in [0.2, 0.25) is 5.02 Å². The Morgan fingerprint density at radius 1 is 1.06 bits per heavy atom. The van der Waals surface area contributed by atoms with Gasteiger partial charge in [-0.1, -0.05) is 29.8 Å². The second kappa shape index (κ2) is 9.93. The third-order valence-corrected chi connectivity index (χ3v) is 6.30. The van der Waals surface area contributed by atoms with Gasteiger partial charge in [0.2, 0.25) is 0 Å². The van der Waals surface area contributed by atoms with E-state index in [4.69, 9.17) is 21.7 Å². The van der Waals surface area contributed by atoms with Crippen molar-refractivity contribution in [2.75, 3.05) is 19.7 Å². The molecular formula is C25H25ClF2N4O. The van der Waals surface area contributed by atoms with Gasteiger partial charge < -0.3 is 10.1 Å². The predicted octanol–water partition coefficient (Wildman–Crippen LogP) is 5.27. The number of likely N-dealkylation sites (tertiary alicyclic amines) is 1. The molecule has 0 radical (unpaired) electrons. The molecule has 0 amide bonds. The SMILES string of the molecule is Cc1nc(C2CN(Cc3ccc(F)cc3OCCc3ccc(F)cc3)CC2=N)nc(C)c1Cl. The number of hydrogen-bond donors (Lipinski definition) is 1. The summed E-state index contributed by atoms with van der Waals surface area (Å²) in [5.74, 6) is 0.222. The first-order valence-electron chi connectivity index (χ1n) is 10.8.